The van der Waals surface area contributed by atoms with Crippen molar-refractivity contribution < 1.29 is 47.4 Å². The molecule has 0 spiro atoms. The molecule has 0 saturated carbocycles. The van der Waals surface area contributed by atoms with Gasteiger partial charge in [-0.05, 0) is 5.56 Å². The lowest BCUT2D eigenvalue weighted by Gasteiger charge is -2.49. The molecule has 1 aromatic heterocycles. The Morgan fingerprint density at radius 3 is 2.33 bits per heavy atom. The molecule has 1 saturated heterocycles. The van der Waals surface area contributed by atoms with Crippen molar-refractivity contribution in [3.05, 3.63) is 52.7 Å². The molecule has 1 fully saturated rings. The second-order valence-corrected chi connectivity index (χ2v) is 10.1. The lowest BCUT2D eigenvalue weighted by Crippen LogP contribution is -2.70. The van der Waals surface area contributed by atoms with Crippen LogP contribution in [0.25, 0.3) is 5.57 Å². The monoisotopic (exact) mass is 587 g/mol. The van der Waals surface area contributed by atoms with Crippen molar-refractivity contribution >= 4 is 63.5 Å². The third-order valence-corrected chi connectivity index (χ3v) is 7.49. The van der Waals surface area contributed by atoms with Gasteiger partial charge in [-0.3, -0.25) is 19.3 Å². The third-order valence-electron chi connectivity index (χ3n) is 5.24. The number of hydrogen-bond acceptors (Lipinski definition) is 9. The number of thioether (sulfide) groups is 1. The van der Waals surface area contributed by atoms with E-state index in [1.54, 1.807) is 30.3 Å². The number of carbonyl (C=O) groups excluding carboxylic acids is 3. The van der Waals surface area contributed by atoms with Crippen LogP contribution in [0.4, 0.5) is 18.3 Å². The number of aliphatic carboxylic acids is 2. The van der Waals surface area contributed by atoms with E-state index in [0.29, 0.717) is 26.9 Å². The van der Waals surface area contributed by atoms with Gasteiger partial charge < -0.3 is 26.6 Å². The van der Waals surface area contributed by atoms with E-state index in [0.717, 1.165) is 11.3 Å². The van der Waals surface area contributed by atoms with E-state index in [9.17, 15) is 37.5 Å². The van der Waals surface area contributed by atoms with Gasteiger partial charge in [0.1, 0.15) is 23.2 Å². The highest BCUT2D eigenvalue weighted by molar-refractivity contribution is 8.00. The van der Waals surface area contributed by atoms with E-state index in [4.69, 9.17) is 15.6 Å². The average molecular weight is 588 g/mol. The minimum atomic E-state index is -5.08. The van der Waals surface area contributed by atoms with Gasteiger partial charge in [0.2, 0.25) is 11.8 Å². The zero-order valence-electron chi connectivity index (χ0n) is 19.8. The molecule has 0 aliphatic carbocycles. The third kappa shape index (κ3) is 6.73. The van der Waals surface area contributed by atoms with E-state index < -0.39 is 47.4 Å². The summed E-state index contributed by atoms with van der Waals surface area (Å²) < 4.78 is 31.7. The van der Waals surface area contributed by atoms with Crippen molar-refractivity contribution in [3.8, 4) is 0 Å². The first-order valence-electron chi connectivity index (χ1n) is 10.8. The molecule has 208 valence electrons. The summed E-state index contributed by atoms with van der Waals surface area (Å²) in [6.07, 6.45) is -3.61. The number of fused-ring (bicyclic) bond motifs is 1. The number of carboxylic acids is 2. The molecule has 1 aromatic carbocycles. The van der Waals surface area contributed by atoms with Crippen LogP contribution in [-0.2, 0) is 24.0 Å². The summed E-state index contributed by atoms with van der Waals surface area (Å²) in [5, 5.41) is 21.9. The first kappa shape index (κ1) is 29.6. The van der Waals surface area contributed by atoms with Crippen molar-refractivity contribution in [2.45, 2.75) is 30.6 Å². The highest BCUT2D eigenvalue weighted by atomic mass is 32.2. The number of halogens is 3. The number of anilines is 1. The van der Waals surface area contributed by atoms with Crippen LogP contribution in [0.5, 0.6) is 0 Å². The number of benzene rings is 1. The fourth-order valence-corrected chi connectivity index (χ4v) is 5.85. The normalized spacial score (nSPS) is 19.1. The van der Waals surface area contributed by atoms with Crippen LogP contribution in [0, 0.1) is 0 Å². The number of β-lactam (4-membered cyclic amide) rings is 1. The summed E-state index contributed by atoms with van der Waals surface area (Å²) in [5.41, 5.74) is 6.91. The molecule has 2 aliphatic rings. The quantitative estimate of drug-likeness (QED) is 0.310. The second kappa shape index (κ2) is 11.8. The smallest absolute Gasteiger partial charge is 0.477 e. The fourth-order valence-electron chi connectivity index (χ4n) is 3.48. The molecule has 17 heteroatoms. The minimum absolute atomic E-state index is 0.144. The number of carboxylic acid groups (broad SMARTS) is 2. The Hall–Kier alpha value is -3.96. The lowest BCUT2D eigenvalue weighted by atomic mass is 10.0. The lowest BCUT2D eigenvalue weighted by molar-refractivity contribution is -0.192. The molecule has 0 bridgehead atoms. The van der Waals surface area contributed by atoms with Gasteiger partial charge in [-0.1, -0.05) is 41.7 Å². The maximum Gasteiger partial charge on any atom is 0.490 e. The Kier molecular flexibility index (Phi) is 8.98. The highest BCUT2D eigenvalue weighted by Crippen LogP contribution is 2.44. The first-order valence-corrected chi connectivity index (χ1v) is 12.6. The van der Waals surface area contributed by atoms with E-state index >= 15 is 0 Å². The molecular weight excluding hydrogens is 567 g/mol. The SMILES string of the molecule is CC(=O)Nc1ncc(C2=C(C(=O)O)N3C(=O)C(NC(=O)C(N)c4ccccc4)C3SC2)s1.O=C(O)C(F)(F)F. The summed E-state index contributed by atoms with van der Waals surface area (Å²) >= 11 is 2.47. The van der Waals surface area contributed by atoms with Crippen molar-refractivity contribution in [1.29, 1.82) is 0 Å². The van der Waals surface area contributed by atoms with Gasteiger partial charge in [0, 0.05) is 24.4 Å². The summed E-state index contributed by atoms with van der Waals surface area (Å²) in [5.74, 6) is -5.02. The maximum absolute atomic E-state index is 12.8. The van der Waals surface area contributed by atoms with Gasteiger partial charge in [0.25, 0.3) is 5.91 Å². The number of aromatic nitrogens is 1. The number of thiazole rings is 1. The zero-order valence-corrected chi connectivity index (χ0v) is 21.4. The molecule has 4 rings (SSSR count). The van der Waals surface area contributed by atoms with Crippen molar-refractivity contribution in [1.82, 2.24) is 15.2 Å². The number of amides is 3. The Balaban J connectivity index is 0.000000532. The van der Waals surface area contributed by atoms with Crippen LogP contribution in [0.15, 0.2) is 42.2 Å². The molecule has 3 unspecified atom stereocenters. The summed E-state index contributed by atoms with van der Waals surface area (Å²) in [6, 6.07) is 6.96. The van der Waals surface area contributed by atoms with Crippen LogP contribution >= 0.6 is 23.1 Å². The Morgan fingerprint density at radius 2 is 1.79 bits per heavy atom. The number of rotatable bonds is 6. The van der Waals surface area contributed by atoms with Crippen molar-refractivity contribution in [2.75, 3.05) is 11.1 Å². The number of alkyl halides is 3. The van der Waals surface area contributed by atoms with E-state index in [2.05, 4.69) is 15.6 Å². The van der Waals surface area contributed by atoms with Gasteiger partial charge in [0.05, 0.1) is 4.88 Å². The number of nitrogens with two attached hydrogens (primary N) is 1. The minimum Gasteiger partial charge on any atom is -0.477 e. The Labute approximate surface area is 226 Å². The summed E-state index contributed by atoms with van der Waals surface area (Å²) in [7, 11) is 0. The van der Waals surface area contributed by atoms with E-state index in [1.165, 1.54) is 29.8 Å². The van der Waals surface area contributed by atoms with Gasteiger partial charge in [-0.15, -0.1) is 11.8 Å². The second-order valence-electron chi connectivity index (χ2n) is 7.93. The fraction of sp³-hybridized carbons (Fsp3) is 0.273. The summed E-state index contributed by atoms with van der Waals surface area (Å²) in [4.78, 5) is 63.4. The number of nitrogens with zero attached hydrogens (tertiary/aromatic N) is 2. The molecule has 6 N–H and O–H groups in total. The zero-order chi connectivity index (χ0) is 29.1. The van der Waals surface area contributed by atoms with Crippen LogP contribution in [0.1, 0.15) is 23.4 Å². The predicted molar refractivity (Wildman–Crippen MR) is 133 cm³/mol. The first-order chi connectivity index (χ1) is 18.2. The molecule has 39 heavy (non-hydrogen) atoms. The number of hydrogen-bond donors (Lipinski definition) is 5. The van der Waals surface area contributed by atoms with Gasteiger partial charge in [-0.25, -0.2) is 14.6 Å². The van der Waals surface area contributed by atoms with Crippen LogP contribution < -0.4 is 16.4 Å². The maximum atomic E-state index is 12.8. The molecule has 12 nitrogen and oxygen atoms in total. The molecule has 3 atom stereocenters. The predicted octanol–water partition coefficient (Wildman–Crippen LogP) is 1.63. The van der Waals surface area contributed by atoms with Crippen molar-refractivity contribution in [2.24, 2.45) is 5.73 Å². The molecule has 0 radical (unpaired) electrons. The van der Waals surface area contributed by atoms with E-state index in [1.807, 2.05) is 0 Å². The van der Waals surface area contributed by atoms with Crippen LogP contribution in [0.2, 0.25) is 0 Å². The largest absolute Gasteiger partial charge is 0.490 e. The van der Waals surface area contributed by atoms with Gasteiger partial charge in [-0.2, -0.15) is 13.2 Å². The Bertz CT molecular complexity index is 1330. The van der Waals surface area contributed by atoms with E-state index in [-0.39, 0.29) is 11.6 Å². The summed E-state index contributed by atoms with van der Waals surface area (Å²) in [6.45, 7) is 1.35. The Morgan fingerprint density at radius 1 is 1.18 bits per heavy atom. The standard InChI is InChI=1S/C20H19N5O5S2.C2HF3O2/c1-9(26)23-20-22-7-12(32-20)11-8-31-18-14(17(28)25(18)15(11)19(29)30)24-16(27)13(21)10-5-3-2-4-6-10;3-2(4,5)1(6)7/h2-7,13-14,18H,8,21H2,1H3,(H,24,27)(H,29,30)(H,22,23,26);(H,6,7). The number of carbonyl (C=O) groups is 5. The average Bonchev–Trinajstić information content (AvgIpc) is 3.33. The van der Waals surface area contributed by atoms with Crippen LogP contribution in [0.3, 0.4) is 0 Å². The molecule has 2 aromatic rings. The molecular formula is C22H20F3N5O7S2. The van der Waals surface area contributed by atoms with Gasteiger partial charge in [0.15, 0.2) is 5.13 Å². The number of nitrogens with one attached hydrogen (secondary N) is 2. The molecule has 3 amide bonds. The topological polar surface area (TPSA) is 192 Å². The van der Waals surface area contributed by atoms with Gasteiger partial charge >= 0.3 is 18.1 Å². The van der Waals surface area contributed by atoms with Crippen LogP contribution in [-0.4, -0.2) is 73.1 Å². The highest BCUT2D eigenvalue weighted by Gasteiger charge is 2.54. The molecule has 2 aliphatic heterocycles. The van der Waals surface area contributed by atoms with Crippen molar-refractivity contribution in [3.63, 3.8) is 0 Å². The molecule has 3 heterocycles.